The first-order valence-corrected chi connectivity index (χ1v) is 9.67. The first-order valence-electron chi connectivity index (χ1n) is 8.91. The number of benzene rings is 1. The van der Waals surface area contributed by atoms with Crippen molar-refractivity contribution in [3.63, 3.8) is 0 Å². The van der Waals surface area contributed by atoms with Crippen molar-refractivity contribution in [3.8, 4) is 0 Å². The standard InChI is InChI=1S/C19H16Cl2N8O/c1-10(15-22-6-3-7-23-15)25-16-12-8-11(4-5-14(12)29(2)19(30)28-16)26-17-13(20)9-24-18(21)27-17/h3-10H,1-2H3,(H,24,26,27)(H,25,28,30). The van der Waals surface area contributed by atoms with Gasteiger partial charge in [0.25, 0.3) is 0 Å². The molecule has 9 nitrogen and oxygen atoms in total. The fourth-order valence-corrected chi connectivity index (χ4v) is 3.19. The maximum atomic E-state index is 12.3. The van der Waals surface area contributed by atoms with Crippen LogP contribution in [0.25, 0.3) is 10.9 Å². The summed E-state index contributed by atoms with van der Waals surface area (Å²) in [7, 11) is 1.67. The highest BCUT2D eigenvalue weighted by Gasteiger charge is 2.15. The van der Waals surface area contributed by atoms with Crippen LogP contribution in [0.4, 0.5) is 17.3 Å². The van der Waals surface area contributed by atoms with E-state index in [4.69, 9.17) is 23.2 Å². The van der Waals surface area contributed by atoms with Gasteiger partial charge in [-0.15, -0.1) is 0 Å². The third-order valence-electron chi connectivity index (χ3n) is 4.41. The summed E-state index contributed by atoms with van der Waals surface area (Å²) < 4.78 is 1.47. The summed E-state index contributed by atoms with van der Waals surface area (Å²) in [6, 6.07) is 6.94. The molecule has 30 heavy (non-hydrogen) atoms. The molecular weight excluding hydrogens is 427 g/mol. The molecule has 2 N–H and O–H groups in total. The Morgan fingerprint density at radius 3 is 2.60 bits per heavy atom. The molecule has 1 aromatic carbocycles. The monoisotopic (exact) mass is 442 g/mol. The smallest absolute Gasteiger partial charge is 0.349 e. The van der Waals surface area contributed by atoms with E-state index in [1.54, 1.807) is 25.5 Å². The van der Waals surface area contributed by atoms with Crippen LogP contribution < -0.4 is 16.3 Å². The fourth-order valence-electron chi connectivity index (χ4n) is 2.91. The van der Waals surface area contributed by atoms with Crippen LogP contribution in [-0.4, -0.2) is 29.5 Å². The van der Waals surface area contributed by atoms with E-state index in [1.807, 2.05) is 25.1 Å². The van der Waals surface area contributed by atoms with E-state index in [-0.39, 0.29) is 17.0 Å². The fraction of sp³-hybridized carbons (Fsp3) is 0.158. The van der Waals surface area contributed by atoms with E-state index >= 15 is 0 Å². The average molecular weight is 443 g/mol. The molecule has 1 unspecified atom stereocenters. The highest BCUT2D eigenvalue weighted by atomic mass is 35.5. The SMILES string of the molecule is CC(Nc1nc(=O)n(C)c2ccc(Nc3nc(Cl)ncc3Cl)cc12)c1ncccn1. The third kappa shape index (κ3) is 4.03. The summed E-state index contributed by atoms with van der Waals surface area (Å²) in [4.78, 5) is 33.0. The number of aromatic nitrogens is 6. The summed E-state index contributed by atoms with van der Waals surface area (Å²) in [5, 5.41) is 7.47. The minimum absolute atomic E-state index is 0.0748. The molecule has 0 saturated heterocycles. The molecule has 0 aliphatic carbocycles. The van der Waals surface area contributed by atoms with Crippen LogP contribution in [0.3, 0.4) is 0 Å². The van der Waals surface area contributed by atoms with Gasteiger partial charge in [0, 0.05) is 30.5 Å². The first kappa shape index (κ1) is 20.0. The molecule has 0 aliphatic heterocycles. The molecule has 0 amide bonds. The van der Waals surface area contributed by atoms with Crippen LogP contribution in [0.2, 0.25) is 10.3 Å². The predicted octanol–water partition coefficient (Wildman–Crippen LogP) is 3.74. The Hall–Kier alpha value is -3.30. The van der Waals surface area contributed by atoms with Crippen molar-refractivity contribution in [2.75, 3.05) is 10.6 Å². The number of anilines is 3. The molecule has 4 rings (SSSR count). The second-order valence-corrected chi connectivity index (χ2v) is 7.21. The molecule has 4 aromatic rings. The lowest BCUT2D eigenvalue weighted by atomic mass is 10.2. The van der Waals surface area contributed by atoms with E-state index in [0.29, 0.717) is 33.7 Å². The van der Waals surface area contributed by atoms with Gasteiger partial charge in [0.1, 0.15) is 16.7 Å². The number of hydrogen-bond donors (Lipinski definition) is 2. The van der Waals surface area contributed by atoms with Crippen LogP contribution in [0.5, 0.6) is 0 Å². The van der Waals surface area contributed by atoms with Crippen molar-refractivity contribution in [1.82, 2.24) is 29.5 Å². The molecule has 0 fully saturated rings. The lowest BCUT2D eigenvalue weighted by molar-refractivity contribution is 0.776. The largest absolute Gasteiger partial charge is 0.360 e. The maximum absolute atomic E-state index is 12.3. The van der Waals surface area contributed by atoms with Gasteiger partial charge in [-0.25, -0.2) is 19.7 Å². The molecule has 3 heterocycles. The highest BCUT2D eigenvalue weighted by Crippen LogP contribution is 2.29. The van der Waals surface area contributed by atoms with Gasteiger partial charge in [0.2, 0.25) is 5.28 Å². The van der Waals surface area contributed by atoms with Crippen LogP contribution >= 0.6 is 23.2 Å². The van der Waals surface area contributed by atoms with Crippen molar-refractivity contribution < 1.29 is 0 Å². The van der Waals surface area contributed by atoms with Crippen molar-refractivity contribution in [2.24, 2.45) is 7.05 Å². The molecule has 152 valence electrons. The van der Waals surface area contributed by atoms with Gasteiger partial charge in [-0.3, -0.25) is 4.57 Å². The van der Waals surface area contributed by atoms with E-state index < -0.39 is 0 Å². The van der Waals surface area contributed by atoms with Crippen molar-refractivity contribution in [2.45, 2.75) is 13.0 Å². The number of aryl methyl sites for hydroxylation is 1. The van der Waals surface area contributed by atoms with Crippen LogP contribution in [0.15, 0.2) is 47.7 Å². The highest BCUT2D eigenvalue weighted by molar-refractivity contribution is 6.33. The summed E-state index contributed by atoms with van der Waals surface area (Å²) in [5.41, 5.74) is 1.01. The number of rotatable bonds is 5. The topological polar surface area (TPSA) is 111 Å². The van der Waals surface area contributed by atoms with E-state index in [2.05, 4.69) is 35.6 Å². The molecule has 0 saturated carbocycles. The number of nitrogens with zero attached hydrogens (tertiary/aromatic N) is 6. The Morgan fingerprint density at radius 2 is 1.83 bits per heavy atom. The lowest BCUT2D eigenvalue weighted by Gasteiger charge is -2.16. The summed E-state index contributed by atoms with van der Waals surface area (Å²) in [5.74, 6) is 1.38. The number of halogens is 2. The Balaban J connectivity index is 1.76. The van der Waals surface area contributed by atoms with Gasteiger partial charge in [-0.2, -0.15) is 9.97 Å². The molecule has 0 spiro atoms. The summed E-state index contributed by atoms with van der Waals surface area (Å²) >= 11 is 12.0. The van der Waals surface area contributed by atoms with Gasteiger partial charge < -0.3 is 10.6 Å². The number of fused-ring (bicyclic) bond motifs is 1. The quantitative estimate of drug-likeness (QED) is 0.449. The minimum Gasteiger partial charge on any atom is -0.360 e. The lowest BCUT2D eigenvalue weighted by Crippen LogP contribution is -2.23. The molecule has 0 aliphatic rings. The normalized spacial score (nSPS) is 12.0. The van der Waals surface area contributed by atoms with Gasteiger partial charge >= 0.3 is 5.69 Å². The van der Waals surface area contributed by atoms with Crippen LogP contribution in [-0.2, 0) is 7.05 Å². The van der Waals surface area contributed by atoms with Crippen molar-refractivity contribution >= 4 is 51.4 Å². The zero-order valence-electron chi connectivity index (χ0n) is 16.0. The second kappa shape index (κ2) is 8.21. The Morgan fingerprint density at radius 1 is 1.07 bits per heavy atom. The first-order chi connectivity index (χ1) is 14.4. The van der Waals surface area contributed by atoms with Crippen LogP contribution in [0, 0.1) is 0 Å². The average Bonchev–Trinajstić information content (AvgIpc) is 2.75. The zero-order valence-corrected chi connectivity index (χ0v) is 17.5. The molecule has 1 atom stereocenters. The molecule has 0 radical (unpaired) electrons. The van der Waals surface area contributed by atoms with Crippen molar-refractivity contribution in [3.05, 3.63) is 69.5 Å². The number of hydrogen-bond acceptors (Lipinski definition) is 8. The molecule has 11 heteroatoms. The van der Waals surface area contributed by atoms with E-state index in [9.17, 15) is 4.79 Å². The Labute approximate surface area is 181 Å². The van der Waals surface area contributed by atoms with E-state index in [1.165, 1.54) is 10.8 Å². The van der Waals surface area contributed by atoms with Crippen LogP contribution in [0.1, 0.15) is 18.8 Å². The van der Waals surface area contributed by atoms with Crippen molar-refractivity contribution in [1.29, 1.82) is 0 Å². The van der Waals surface area contributed by atoms with Gasteiger partial charge in [-0.1, -0.05) is 11.6 Å². The summed E-state index contributed by atoms with van der Waals surface area (Å²) in [6.45, 7) is 1.89. The maximum Gasteiger partial charge on any atom is 0.349 e. The minimum atomic E-state index is -0.377. The van der Waals surface area contributed by atoms with Gasteiger partial charge in [-0.05, 0) is 42.8 Å². The zero-order chi connectivity index (χ0) is 21.3. The number of nitrogens with one attached hydrogen (secondary N) is 2. The molecule has 3 aromatic heterocycles. The molecular formula is C19H16Cl2N8O. The van der Waals surface area contributed by atoms with E-state index in [0.717, 1.165) is 5.39 Å². The third-order valence-corrected chi connectivity index (χ3v) is 4.87. The Bertz CT molecular complexity index is 1280. The second-order valence-electron chi connectivity index (χ2n) is 6.47. The molecule has 0 bridgehead atoms. The van der Waals surface area contributed by atoms with Gasteiger partial charge in [0.15, 0.2) is 5.82 Å². The Kier molecular flexibility index (Phi) is 5.47. The van der Waals surface area contributed by atoms with Gasteiger partial charge in [0.05, 0.1) is 17.8 Å². The predicted molar refractivity (Wildman–Crippen MR) is 116 cm³/mol. The summed E-state index contributed by atoms with van der Waals surface area (Å²) in [6.07, 6.45) is 4.74.